The van der Waals surface area contributed by atoms with E-state index in [2.05, 4.69) is 15.3 Å². The number of piperazine rings is 1. The fourth-order valence-electron chi connectivity index (χ4n) is 2.11. The largest absolute Gasteiger partial charge is 0.445 e. The van der Waals surface area contributed by atoms with Gasteiger partial charge in [0.25, 0.3) is 0 Å². The molecular formula is C11H11F3N6OS. The van der Waals surface area contributed by atoms with E-state index in [-0.39, 0.29) is 17.6 Å². The molecule has 1 amide bonds. The Balaban J connectivity index is 1.72. The first-order chi connectivity index (χ1) is 10.3. The first-order valence-electron chi connectivity index (χ1n) is 6.29. The number of hydrogen-bond donors (Lipinski definition) is 0. The third-order valence-corrected chi connectivity index (χ3v) is 4.18. The topological polar surface area (TPSA) is 67.2 Å². The Morgan fingerprint density at radius 1 is 1.27 bits per heavy atom. The lowest BCUT2D eigenvalue weighted by molar-refractivity contribution is -0.138. The highest BCUT2D eigenvalue weighted by Gasteiger charge is 2.37. The molecule has 11 heteroatoms. The molecule has 2 aromatic heterocycles. The molecule has 118 valence electrons. The van der Waals surface area contributed by atoms with Gasteiger partial charge >= 0.3 is 6.18 Å². The summed E-state index contributed by atoms with van der Waals surface area (Å²) in [6, 6.07) is 0. The van der Waals surface area contributed by atoms with Crippen LogP contribution in [0.25, 0.3) is 0 Å². The van der Waals surface area contributed by atoms with Crippen molar-refractivity contribution >= 4 is 28.1 Å². The van der Waals surface area contributed by atoms with Crippen molar-refractivity contribution in [1.29, 1.82) is 0 Å². The molecule has 0 aliphatic carbocycles. The monoisotopic (exact) mass is 332 g/mol. The summed E-state index contributed by atoms with van der Waals surface area (Å²) in [5.41, 5.74) is 0.667. The molecule has 1 aliphatic rings. The number of hydrogen-bond acceptors (Lipinski definition) is 6. The van der Waals surface area contributed by atoms with E-state index in [9.17, 15) is 18.0 Å². The van der Waals surface area contributed by atoms with E-state index in [1.807, 2.05) is 0 Å². The van der Waals surface area contributed by atoms with E-state index in [1.165, 1.54) is 4.90 Å². The maximum absolute atomic E-state index is 12.5. The lowest BCUT2D eigenvalue weighted by Gasteiger charge is -2.33. The number of rotatable bonds is 2. The van der Waals surface area contributed by atoms with Crippen LogP contribution in [-0.2, 0) is 18.0 Å². The summed E-state index contributed by atoms with van der Waals surface area (Å²) in [6.45, 7) is 0.694. The Morgan fingerprint density at radius 2 is 2.05 bits per heavy atom. The van der Waals surface area contributed by atoms with Crippen LogP contribution in [0.15, 0.2) is 12.4 Å². The zero-order chi connectivity index (χ0) is 15.9. The molecule has 0 N–H and O–H groups in total. The minimum atomic E-state index is -4.52. The van der Waals surface area contributed by atoms with E-state index in [0.717, 1.165) is 0 Å². The quantitative estimate of drug-likeness (QED) is 0.825. The molecule has 0 saturated carbocycles. The molecule has 0 bridgehead atoms. The average molecular weight is 332 g/mol. The Bertz CT molecular complexity index is 696. The van der Waals surface area contributed by atoms with Gasteiger partial charge in [0, 0.05) is 26.3 Å². The number of nitrogens with zero attached hydrogens (tertiary/aromatic N) is 6. The highest BCUT2D eigenvalue weighted by atomic mass is 32.1. The van der Waals surface area contributed by atoms with Crippen molar-refractivity contribution in [2.45, 2.75) is 6.18 Å². The first-order valence-corrected chi connectivity index (χ1v) is 7.11. The molecule has 7 nitrogen and oxygen atoms in total. The van der Waals surface area contributed by atoms with Crippen LogP contribution in [0.4, 0.5) is 24.0 Å². The fraction of sp³-hybridized carbons (Fsp3) is 0.455. The van der Waals surface area contributed by atoms with Crippen LogP contribution in [0.5, 0.6) is 0 Å². The number of halogens is 3. The van der Waals surface area contributed by atoms with Crippen LogP contribution in [-0.4, -0.2) is 45.5 Å². The Hall–Kier alpha value is -2.17. The zero-order valence-corrected chi connectivity index (χ0v) is 12.2. The summed E-state index contributed by atoms with van der Waals surface area (Å²) in [5, 5.41) is 9.75. The van der Waals surface area contributed by atoms with Crippen LogP contribution in [0.1, 0.15) is 5.01 Å². The maximum atomic E-state index is 12.5. The third kappa shape index (κ3) is 2.75. The van der Waals surface area contributed by atoms with Gasteiger partial charge in [0.15, 0.2) is 0 Å². The number of alkyl halides is 3. The summed E-state index contributed by atoms with van der Waals surface area (Å²) in [5.74, 6) is -0.219. The summed E-state index contributed by atoms with van der Waals surface area (Å²) < 4.78 is 39.2. The van der Waals surface area contributed by atoms with Gasteiger partial charge < -0.3 is 9.80 Å². The highest BCUT2D eigenvalue weighted by molar-refractivity contribution is 7.15. The van der Waals surface area contributed by atoms with Gasteiger partial charge in [-0.2, -0.15) is 18.3 Å². The van der Waals surface area contributed by atoms with Crippen LogP contribution >= 0.6 is 11.3 Å². The molecular weight excluding hydrogens is 321 g/mol. The van der Waals surface area contributed by atoms with Crippen LogP contribution in [0.2, 0.25) is 0 Å². The normalized spacial score (nSPS) is 16.5. The summed E-state index contributed by atoms with van der Waals surface area (Å²) >= 11 is 0.441. The van der Waals surface area contributed by atoms with E-state index >= 15 is 0 Å². The molecule has 22 heavy (non-hydrogen) atoms. The van der Waals surface area contributed by atoms with E-state index < -0.39 is 11.2 Å². The zero-order valence-electron chi connectivity index (χ0n) is 11.4. The second-order valence-electron chi connectivity index (χ2n) is 4.73. The van der Waals surface area contributed by atoms with Gasteiger partial charge in [-0.3, -0.25) is 9.48 Å². The van der Waals surface area contributed by atoms with Crippen LogP contribution in [0.3, 0.4) is 0 Å². The molecule has 0 spiro atoms. The lowest BCUT2D eigenvalue weighted by atomic mass is 10.3. The van der Waals surface area contributed by atoms with Crippen LogP contribution < -0.4 is 9.80 Å². The summed E-state index contributed by atoms with van der Waals surface area (Å²) in [7, 11) is 1.74. The molecule has 0 radical (unpaired) electrons. The van der Waals surface area contributed by atoms with Crippen molar-refractivity contribution in [2.75, 3.05) is 29.4 Å². The van der Waals surface area contributed by atoms with E-state index in [1.54, 1.807) is 29.0 Å². The van der Waals surface area contributed by atoms with Crippen molar-refractivity contribution in [3.05, 3.63) is 17.4 Å². The number of carbonyl (C=O) groups is 1. The van der Waals surface area contributed by atoms with Crippen LogP contribution in [0, 0.1) is 0 Å². The number of anilines is 2. The number of carbonyl (C=O) groups excluding carboxylic acids is 1. The maximum Gasteiger partial charge on any atom is 0.445 e. The van der Waals surface area contributed by atoms with Gasteiger partial charge in [-0.25, -0.2) is 0 Å². The minimum absolute atomic E-state index is 0.0403. The SMILES string of the molecule is Cn1cc(N2CCN(c3nnc(C(F)(F)F)s3)CC2=O)cn1. The predicted octanol–water partition coefficient (Wildman–Crippen LogP) is 1.14. The summed E-state index contributed by atoms with van der Waals surface area (Å²) in [4.78, 5) is 15.2. The lowest BCUT2D eigenvalue weighted by Crippen LogP contribution is -2.50. The van der Waals surface area contributed by atoms with Crippen molar-refractivity contribution in [1.82, 2.24) is 20.0 Å². The molecule has 1 aliphatic heterocycles. The van der Waals surface area contributed by atoms with Gasteiger partial charge in [-0.05, 0) is 0 Å². The van der Waals surface area contributed by atoms with Gasteiger partial charge in [-0.15, -0.1) is 10.2 Å². The van der Waals surface area contributed by atoms with Crippen molar-refractivity contribution in [3.63, 3.8) is 0 Å². The number of amides is 1. The Labute approximate surface area is 127 Å². The van der Waals surface area contributed by atoms with Crippen molar-refractivity contribution in [3.8, 4) is 0 Å². The van der Waals surface area contributed by atoms with Crippen molar-refractivity contribution < 1.29 is 18.0 Å². The second-order valence-corrected chi connectivity index (χ2v) is 5.68. The molecule has 3 heterocycles. The van der Waals surface area contributed by atoms with Gasteiger partial charge in [0.2, 0.25) is 16.0 Å². The first kappa shape index (κ1) is 14.8. The van der Waals surface area contributed by atoms with E-state index in [4.69, 9.17) is 0 Å². The molecule has 2 aromatic rings. The van der Waals surface area contributed by atoms with Gasteiger partial charge in [0.1, 0.15) is 0 Å². The summed E-state index contributed by atoms with van der Waals surface area (Å²) in [6.07, 6.45) is -1.24. The van der Waals surface area contributed by atoms with Crippen molar-refractivity contribution in [2.24, 2.45) is 7.05 Å². The molecule has 3 rings (SSSR count). The number of aromatic nitrogens is 4. The molecule has 0 atom stereocenters. The highest BCUT2D eigenvalue weighted by Crippen LogP contribution is 2.34. The predicted molar refractivity (Wildman–Crippen MR) is 72.7 cm³/mol. The molecule has 1 saturated heterocycles. The van der Waals surface area contributed by atoms with E-state index in [0.29, 0.717) is 30.1 Å². The Kier molecular flexibility index (Phi) is 3.51. The second kappa shape index (κ2) is 5.23. The number of aryl methyl sites for hydroxylation is 1. The average Bonchev–Trinajstić information content (AvgIpc) is 3.06. The Morgan fingerprint density at radius 3 is 2.59 bits per heavy atom. The van der Waals surface area contributed by atoms with Gasteiger partial charge in [0.05, 0.1) is 18.4 Å². The molecule has 0 aromatic carbocycles. The smallest absolute Gasteiger partial charge is 0.336 e. The molecule has 1 fully saturated rings. The molecule has 0 unspecified atom stereocenters. The minimum Gasteiger partial charge on any atom is -0.336 e. The van der Waals surface area contributed by atoms with Gasteiger partial charge in [-0.1, -0.05) is 11.3 Å². The fourth-order valence-corrected chi connectivity index (χ4v) is 2.85. The standard InChI is InChI=1S/C11H11F3N6OS/c1-18-5-7(4-15-18)20-3-2-19(6-8(20)21)10-17-16-9(22-10)11(12,13)14/h4-5H,2-3,6H2,1H3. The third-order valence-electron chi connectivity index (χ3n) is 3.15.